The second-order valence-electron chi connectivity index (χ2n) is 5.13. The highest BCUT2D eigenvalue weighted by atomic mass is 79.9. The molecule has 1 aliphatic carbocycles. The van der Waals surface area contributed by atoms with E-state index in [4.69, 9.17) is 11.6 Å². The molecule has 0 aromatic heterocycles. The van der Waals surface area contributed by atoms with Gasteiger partial charge in [-0.05, 0) is 59.9 Å². The summed E-state index contributed by atoms with van der Waals surface area (Å²) in [6.07, 6.45) is 3.25. The summed E-state index contributed by atoms with van der Waals surface area (Å²) in [4.78, 5) is 0. The molecule has 1 saturated carbocycles. The summed E-state index contributed by atoms with van der Waals surface area (Å²) in [5.74, 6) is 0. The molecule has 5 nitrogen and oxygen atoms in total. The molecule has 0 radical (unpaired) electrons. The van der Waals surface area contributed by atoms with E-state index < -0.39 is 10.2 Å². The van der Waals surface area contributed by atoms with Gasteiger partial charge in [0.25, 0.3) is 0 Å². The van der Waals surface area contributed by atoms with E-state index >= 15 is 0 Å². The molecule has 118 valence electrons. The third-order valence-corrected chi connectivity index (χ3v) is 5.65. The zero-order valence-corrected chi connectivity index (χ0v) is 14.9. The van der Waals surface area contributed by atoms with Crippen molar-refractivity contribution in [2.45, 2.75) is 25.3 Å². The molecule has 21 heavy (non-hydrogen) atoms. The summed E-state index contributed by atoms with van der Waals surface area (Å²) in [6, 6.07) is 5.62. The zero-order chi connectivity index (χ0) is 15.5. The average Bonchev–Trinajstić information content (AvgIpc) is 3.22. The smallest absolute Gasteiger partial charge is 0.301 e. The molecule has 0 atom stereocenters. The Bertz CT molecular complexity index is 593. The maximum Gasteiger partial charge on any atom is 0.301 e. The van der Waals surface area contributed by atoms with Crippen LogP contribution in [0.2, 0.25) is 5.02 Å². The van der Waals surface area contributed by atoms with E-state index in [1.54, 1.807) is 25.2 Å². The van der Waals surface area contributed by atoms with Crippen molar-refractivity contribution in [2.24, 2.45) is 0 Å². The van der Waals surface area contributed by atoms with Crippen molar-refractivity contribution >= 4 is 43.4 Å². The summed E-state index contributed by atoms with van der Waals surface area (Å²) in [7, 11) is -2.00. The zero-order valence-electron chi connectivity index (χ0n) is 11.8. The second kappa shape index (κ2) is 7.28. The first-order chi connectivity index (χ1) is 9.88. The lowest BCUT2D eigenvalue weighted by Crippen LogP contribution is -2.34. The van der Waals surface area contributed by atoms with Gasteiger partial charge in [0.1, 0.15) is 0 Å². The van der Waals surface area contributed by atoms with E-state index in [1.165, 1.54) is 17.1 Å². The van der Waals surface area contributed by atoms with E-state index in [9.17, 15) is 8.42 Å². The minimum absolute atomic E-state index is 0.436. The third-order valence-electron chi connectivity index (χ3n) is 3.24. The molecule has 2 rings (SSSR count). The molecule has 0 bridgehead atoms. The van der Waals surface area contributed by atoms with Crippen LogP contribution in [0.4, 0.5) is 5.69 Å². The van der Waals surface area contributed by atoms with Crippen LogP contribution >= 0.6 is 27.5 Å². The maximum atomic E-state index is 12.2. The van der Waals surface area contributed by atoms with Gasteiger partial charge in [0.15, 0.2) is 0 Å². The molecular weight excluding hydrogens is 378 g/mol. The molecular formula is C13H19BrClN3O2S. The van der Waals surface area contributed by atoms with Gasteiger partial charge in [-0.2, -0.15) is 12.7 Å². The third kappa shape index (κ3) is 5.41. The molecule has 1 aliphatic rings. The fourth-order valence-electron chi connectivity index (χ4n) is 1.81. The number of hydrogen-bond donors (Lipinski definition) is 2. The Morgan fingerprint density at radius 2 is 2.14 bits per heavy atom. The van der Waals surface area contributed by atoms with Crippen molar-refractivity contribution in [1.82, 2.24) is 9.62 Å². The number of rotatable bonds is 8. The predicted molar refractivity (Wildman–Crippen MR) is 90.0 cm³/mol. The summed E-state index contributed by atoms with van der Waals surface area (Å²) in [6.45, 7) is 1.30. The molecule has 1 fully saturated rings. The Balaban J connectivity index is 1.88. The lowest BCUT2D eigenvalue weighted by molar-refractivity contribution is 0.458. The van der Waals surface area contributed by atoms with Gasteiger partial charge in [0.05, 0.1) is 5.69 Å². The lowest BCUT2D eigenvalue weighted by atomic mass is 10.3. The van der Waals surface area contributed by atoms with Crippen molar-refractivity contribution in [3.05, 3.63) is 27.7 Å². The van der Waals surface area contributed by atoms with E-state index in [1.807, 2.05) is 0 Å². The van der Waals surface area contributed by atoms with E-state index in [-0.39, 0.29) is 0 Å². The molecule has 2 N–H and O–H groups in total. The van der Waals surface area contributed by atoms with Gasteiger partial charge < -0.3 is 5.32 Å². The summed E-state index contributed by atoms with van der Waals surface area (Å²) >= 11 is 9.19. The van der Waals surface area contributed by atoms with Crippen LogP contribution in [0.5, 0.6) is 0 Å². The maximum absolute atomic E-state index is 12.2. The molecule has 0 spiro atoms. The van der Waals surface area contributed by atoms with Crippen LogP contribution in [-0.2, 0) is 10.2 Å². The summed E-state index contributed by atoms with van der Waals surface area (Å²) in [5.41, 5.74) is 0.436. The average molecular weight is 397 g/mol. The normalized spacial score (nSPS) is 15.4. The Hall–Kier alpha value is -0.340. The Morgan fingerprint density at radius 1 is 1.43 bits per heavy atom. The minimum atomic E-state index is -3.57. The Kier molecular flexibility index (Phi) is 5.90. The number of nitrogens with one attached hydrogen (secondary N) is 2. The molecule has 0 amide bonds. The van der Waals surface area contributed by atoms with Crippen LogP contribution in [0.25, 0.3) is 0 Å². The largest absolute Gasteiger partial charge is 0.314 e. The van der Waals surface area contributed by atoms with Gasteiger partial charge in [0.2, 0.25) is 0 Å². The molecule has 8 heteroatoms. The number of anilines is 1. The highest BCUT2D eigenvalue weighted by Gasteiger charge is 2.21. The predicted octanol–water partition coefficient (Wildman–Crippen LogP) is 2.83. The first kappa shape index (κ1) is 17.0. The second-order valence-corrected chi connectivity index (χ2v) is 8.20. The van der Waals surface area contributed by atoms with Gasteiger partial charge in [-0.1, -0.05) is 11.6 Å². The standard InChI is InChI=1S/C13H19BrClN3O2S/c1-18(8-2-7-16-11-4-5-11)21(19,20)17-13-9-10(15)3-6-12(13)14/h3,6,9,11,16-17H,2,4-5,7-8H2,1H3. The number of halogens is 2. The quantitative estimate of drug-likeness (QED) is 0.664. The van der Waals surface area contributed by atoms with Crippen molar-refractivity contribution < 1.29 is 8.42 Å². The van der Waals surface area contributed by atoms with Crippen LogP contribution in [0.3, 0.4) is 0 Å². The monoisotopic (exact) mass is 395 g/mol. The molecule has 0 aliphatic heterocycles. The summed E-state index contributed by atoms with van der Waals surface area (Å²) in [5, 5.41) is 3.84. The first-order valence-corrected chi connectivity index (χ1v) is 9.42. The lowest BCUT2D eigenvalue weighted by Gasteiger charge is -2.19. The van der Waals surface area contributed by atoms with Crippen molar-refractivity contribution in [2.75, 3.05) is 24.9 Å². The first-order valence-electron chi connectivity index (χ1n) is 6.81. The van der Waals surface area contributed by atoms with Crippen LogP contribution < -0.4 is 10.0 Å². The Labute approximate surface area is 139 Å². The van der Waals surface area contributed by atoms with Crippen molar-refractivity contribution in [1.29, 1.82) is 0 Å². The minimum Gasteiger partial charge on any atom is -0.314 e. The molecule has 0 heterocycles. The van der Waals surface area contributed by atoms with Gasteiger partial charge in [-0.25, -0.2) is 0 Å². The number of nitrogens with zero attached hydrogens (tertiary/aromatic N) is 1. The highest BCUT2D eigenvalue weighted by Crippen LogP contribution is 2.27. The van der Waals surface area contributed by atoms with Gasteiger partial charge in [0, 0.05) is 29.1 Å². The molecule has 0 saturated heterocycles. The Morgan fingerprint density at radius 3 is 2.81 bits per heavy atom. The fourth-order valence-corrected chi connectivity index (χ4v) is 3.43. The van der Waals surface area contributed by atoms with Crippen LogP contribution in [0.15, 0.2) is 22.7 Å². The summed E-state index contributed by atoms with van der Waals surface area (Å²) < 4.78 is 29.0. The number of hydrogen-bond acceptors (Lipinski definition) is 3. The highest BCUT2D eigenvalue weighted by molar-refractivity contribution is 9.10. The van der Waals surface area contributed by atoms with E-state index in [2.05, 4.69) is 26.0 Å². The molecule has 0 unspecified atom stereocenters. The van der Waals surface area contributed by atoms with Crippen molar-refractivity contribution in [3.63, 3.8) is 0 Å². The van der Waals surface area contributed by atoms with E-state index in [0.717, 1.165) is 13.0 Å². The van der Waals surface area contributed by atoms with Crippen LogP contribution in [0, 0.1) is 0 Å². The molecule has 1 aromatic carbocycles. The SMILES string of the molecule is CN(CCCNC1CC1)S(=O)(=O)Nc1cc(Cl)ccc1Br. The van der Waals surface area contributed by atoms with Gasteiger partial charge in [-0.3, -0.25) is 4.72 Å². The van der Waals surface area contributed by atoms with Crippen LogP contribution in [-0.4, -0.2) is 38.9 Å². The fraction of sp³-hybridized carbons (Fsp3) is 0.538. The van der Waals surface area contributed by atoms with Gasteiger partial charge in [-0.15, -0.1) is 0 Å². The number of benzene rings is 1. The van der Waals surface area contributed by atoms with Crippen LogP contribution in [0.1, 0.15) is 19.3 Å². The van der Waals surface area contributed by atoms with E-state index in [0.29, 0.717) is 27.8 Å². The molecule has 1 aromatic rings. The van der Waals surface area contributed by atoms with Gasteiger partial charge >= 0.3 is 10.2 Å². The van der Waals surface area contributed by atoms with Crippen molar-refractivity contribution in [3.8, 4) is 0 Å². The topological polar surface area (TPSA) is 61.4 Å².